The first kappa shape index (κ1) is 42.2. The lowest BCUT2D eigenvalue weighted by molar-refractivity contribution is -0.870. The van der Waals surface area contributed by atoms with E-state index in [-0.39, 0.29) is 19.1 Å². The van der Waals surface area contributed by atoms with E-state index in [1.54, 1.807) is 6.08 Å². The molecule has 0 heterocycles. The molecule has 0 aromatic rings. The molecule has 1 amide bonds. The molecule has 3 N–H and O–H groups in total. The van der Waals surface area contributed by atoms with E-state index in [4.69, 9.17) is 9.05 Å². The molecule has 0 aliphatic rings. The van der Waals surface area contributed by atoms with E-state index in [1.807, 2.05) is 27.2 Å². The first-order chi connectivity index (χ1) is 21.0. The van der Waals surface area contributed by atoms with Gasteiger partial charge in [0, 0.05) is 6.42 Å². The highest BCUT2D eigenvalue weighted by Gasteiger charge is 2.27. The van der Waals surface area contributed by atoms with Crippen molar-refractivity contribution in [3.63, 3.8) is 0 Å². The van der Waals surface area contributed by atoms with Gasteiger partial charge in [0.2, 0.25) is 5.91 Å². The second kappa shape index (κ2) is 27.5. The van der Waals surface area contributed by atoms with E-state index >= 15 is 0 Å². The number of amides is 1. The number of aliphatic hydroxyl groups is 1. The molecule has 0 aromatic heterocycles. The maximum atomic E-state index is 12.6. The van der Waals surface area contributed by atoms with Crippen molar-refractivity contribution in [2.75, 3.05) is 40.9 Å². The summed E-state index contributed by atoms with van der Waals surface area (Å²) in [5, 5.41) is 13.5. The lowest BCUT2D eigenvalue weighted by atomic mass is 10.1. The molecular weight excluding hydrogens is 575 g/mol. The number of carbonyl (C=O) groups is 1. The van der Waals surface area contributed by atoms with Gasteiger partial charge >= 0.3 is 7.82 Å². The van der Waals surface area contributed by atoms with E-state index < -0.39 is 20.0 Å². The van der Waals surface area contributed by atoms with Crippen LogP contribution in [0.5, 0.6) is 0 Å². The van der Waals surface area contributed by atoms with Gasteiger partial charge in [0.25, 0.3) is 0 Å². The van der Waals surface area contributed by atoms with Crippen molar-refractivity contribution in [2.45, 2.75) is 116 Å². The Morgan fingerprint density at radius 3 is 1.98 bits per heavy atom. The third-order valence-electron chi connectivity index (χ3n) is 6.74. The minimum absolute atomic E-state index is 0.0521. The van der Waals surface area contributed by atoms with Gasteiger partial charge in [0.05, 0.1) is 39.9 Å². The summed E-state index contributed by atoms with van der Waals surface area (Å²) >= 11 is 0. The molecule has 0 spiro atoms. The van der Waals surface area contributed by atoms with E-state index in [1.165, 1.54) is 0 Å². The number of nitrogens with one attached hydrogen (secondary N) is 1. The number of rotatable bonds is 28. The summed E-state index contributed by atoms with van der Waals surface area (Å²) in [4.78, 5) is 22.7. The molecule has 0 radical (unpaired) electrons. The molecule has 8 nitrogen and oxygen atoms in total. The Bertz CT molecular complexity index is 907. The zero-order chi connectivity index (χ0) is 32.9. The molecule has 9 heteroatoms. The third kappa shape index (κ3) is 28.9. The number of nitrogens with zero attached hydrogens (tertiary/aromatic N) is 1. The topological polar surface area (TPSA) is 105 Å². The molecule has 0 fully saturated rings. The minimum atomic E-state index is -4.32. The smallest absolute Gasteiger partial charge is 0.387 e. The normalized spacial score (nSPS) is 15.7. The van der Waals surface area contributed by atoms with Gasteiger partial charge in [0.15, 0.2) is 0 Å². The van der Waals surface area contributed by atoms with Gasteiger partial charge in [-0.05, 0) is 57.8 Å². The van der Waals surface area contributed by atoms with Gasteiger partial charge in [-0.15, -0.1) is 0 Å². The lowest BCUT2D eigenvalue weighted by Gasteiger charge is -2.25. The van der Waals surface area contributed by atoms with Crippen LogP contribution >= 0.6 is 7.82 Å². The number of allylic oxidation sites excluding steroid dienone is 9. The fourth-order valence-corrected chi connectivity index (χ4v) is 4.76. The van der Waals surface area contributed by atoms with E-state index in [9.17, 15) is 19.4 Å². The molecule has 0 aliphatic heterocycles. The number of aliphatic hydroxyl groups excluding tert-OH is 1. The van der Waals surface area contributed by atoms with Crippen LogP contribution in [0, 0.1) is 0 Å². The number of carbonyl (C=O) groups excluding carboxylic acids is 1. The summed E-state index contributed by atoms with van der Waals surface area (Å²) in [6.07, 6.45) is 33.2. The second-order valence-corrected chi connectivity index (χ2v) is 13.6. The van der Waals surface area contributed by atoms with Gasteiger partial charge < -0.3 is 19.8 Å². The van der Waals surface area contributed by atoms with Crippen LogP contribution < -0.4 is 5.32 Å². The van der Waals surface area contributed by atoms with E-state index in [0.717, 1.165) is 83.5 Å². The monoisotopic (exact) mass is 639 g/mol. The Morgan fingerprint density at radius 2 is 1.36 bits per heavy atom. The molecule has 3 atom stereocenters. The number of likely N-dealkylation sites (N-methyl/N-ethyl adjacent to an activating group) is 1. The minimum Gasteiger partial charge on any atom is -0.387 e. The maximum Gasteiger partial charge on any atom is 0.472 e. The fourth-order valence-electron chi connectivity index (χ4n) is 4.03. The Labute approximate surface area is 269 Å². The fraction of sp³-hybridized carbons (Fsp3) is 0.686. The predicted octanol–water partition coefficient (Wildman–Crippen LogP) is 7.95. The first-order valence-corrected chi connectivity index (χ1v) is 18.2. The van der Waals surface area contributed by atoms with Crippen molar-refractivity contribution < 1.29 is 32.9 Å². The van der Waals surface area contributed by atoms with Gasteiger partial charge in [-0.3, -0.25) is 13.8 Å². The molecule has 0 saturated carbocycles. The summed E-state index contributed by atoms with van der Waals surface area (Å²) in [6.45, 7) is 4.52. The summed E-state index contributed by atoms with van der Waals surface area (Å²) in [7, 11) is 1.53. The highest BCUT2D eigenvalue weighted by Crippen LogP contribution is 2.43. The number of hydrogen-bond donors (Lipinski definition) is 3. The second-order valence-electron chi connectivity index (χ2n) is 12.2. The van der Waals surface area contributed by atoms with Gasteiger partial charge in [0.1, 0.15) is 13.2 Å². The maximum absolute atomic E-state index is 12.6. The van der Waals surface area contributed by atoms with Crippen LogP contribution in [0.2, 0.25) is 0 Å². The average molecular weight is 640 g/mol. The van der Waals surface area contributed by atoms with Gasteiger partial charge in [-0.25, -0.2) is 4.57 Å². The van der Waals surface area contributed by atoms with Crippen LogP contribution in [0.3, 0.4) is 0 Å². The largest absolute Gasteiger partial charge is 0.472 e. The van der Waals surface area contributed by atoms with E-state index in [2.05, 4.69) is 67.8 Å². The molecule has 0 rings (SSSR count). The van der Waals surface area contributed by atoms with Crippen molar-refractivity contribution in [2.24, 2.45) is 0 Å². The third-order valence-corrected chi connectivity index (χ3v) is 7.73. The van der Waals surface area contributed by atoms with Crippen LogP contribution in [-0.2, 0) is 18.4 Å². The van der Waals surface area contributed by atoms with Crippen LogP contribution in [0.4, 0.5) is 0 Å². The molecule has 254 valence electrons. The number of quaternary nitrogens is 1. The zero-order valence-electron chi connectivity index (χ0n) is 28.4. The van der Waals surface area contributed by atoms with Crippen molar-refractivity contribution in [1.82, 2.24) is 5.32 Å². The van der Waals surface area contributed by atoms with Crippen LogP contribution in [-0.4, -0.2) is 73.4 Å². The number of phosphoric acid groups is 1. The predicted molar refractivity (Wildman–Crippen MR) is 184 cm³/mol. The van der Waals surface area contributed by atoms with Crippen molar-refractivity contribution in [1.29, 1.82) is 0 Å². The molecule has 0 bridgehead atoms. The molecule has 3 unspecified atom stereocenters. The molecular formula is C35H64N2O6P+. The number of unbranched alkanes of at least 4 members (excludes halogenated alkanes) is 7. The van der Waals surface area contributed by atoms with E-state index in [0.29, 0.717) is 17.4 Å². The highest BCUT2D eigenvalue weighted by molar-refractivity contribution is 7.47. The average Bonchev–Trinajstić information content (AvgIpc) is 2.95. The van der Waals surface area contributed by atoms with Crippen LogP contribution in [0.25, 0.3) is 0 Å². The molecule has 0 aromatic carbocycles. The summed E-state index contributed by atoms with van der Waals surface area (Å²) < 4.78 is 23.2. The quantitative estimate of drug-likeness (QED) is 0.0347. The lowest BCUT2D eigenvalue weighted by Crippen LogP contribution is -2.45. The standard InChI is InChI=1S/C35H63N2O6P/c1-6-8-10-12-13-14-15-16-17-18-19-20-21-22-23-25-27-29-35(39)36-33(34(38)28-26-24-11-9-7-2)32-43-44(40,41)42-31-30-37(3,4)5/h8,10,13-14,16-17,19-20,26,28,33-34,38H,6-7,9,11-12,15,18,21-25,27,29-32H2,1-5H3,(H-,36,39,40,41)/p+1/b10-8-,14-13-,17-16-,20-19-,28-26+. The van der Waals surface area contributed by atoms with Crippen molar-refractivity contribution >= 4 is 13.7 Å². The van der Waals surface area contributed by atoms with Gasteiger partial charge in [-0.2, -0.15) is 0 Å². The van der Waals surface area contributed by atoms with Crippen molar-refractivity contribution in [3.05, 3.63) is 60.8 Å². The Kier molecular flexibility index (Phi) is 26.4. The zero-order valence-corrected chi connectivity index (χ0v) is 29.3. The summed E-state index contributed by atoms with van der Waals surface area (Å²) in [6, 6.07) is -0.856. The van der Waals surface area contributed by atoms with Crippen LogP contribution in [0.15, 0.2) is 60.8 Å². The number of hydrogen-bond acceptors (Lipinski definition) is 5. The summed E-state index contributed by atoms with van der Waals surface area (Å²) in [5.74, 6) is -0.213. The highest BCUT2D eigenvalue weighted by atomic mass is 31.2. The Hall–Kier alpha value is -1.80. The SMILES string of the molecule is CC/C=C\C/C=C\C/C=C\C/C=C\CCCCCCC(=O)NC(COP(=O)(O)OCC[N+](C)(C)C)C(O)/C=C/CCCCC. The molecule has 0 saturated heterocycles. The first-order valence-electron chi connectivity index (χ1n) is 16.7. The Morgan fingerprint density at radius 1 is 0.795 bits per heavy atom. The van der Waals surface area contributed by atoms with Gasteiger partial charge in [-0.1, -0.05) is 100 Å². The van der Waals surface area contributed by atoms with Crippen molar-refractivity contribution in [3.8, 4) is 0 Å². The van der Waals surface area contributed by atoms with Crippen LogP contribution in [0.1, 0.15) is 104 Å². The summed E-state index contributed by atoms with van der Waals surface area (Å²) in [5.41, 5.74) is 0. The Balaban J connectivity index is 4.45. The molecule has 44 heavy (non-hydrogen) atoms. The molecule has 0 aliphatic carbocycles. The number of phosphoric ester groups is 1.